The van der Waals surface area contributed by atoms with Gasteiger partial charge >= 0.3 is 0 Å². The van der Waals surface area contributed by atoms with Crippen LogP contribution in [0.2, 0.25) is 0 Å². The fraction of sp³-hybridized carbons (Fsp3) is 0.476. The number of hydrogen-bond acceptors (Lipinski definition) is 6. The van der Waals surface area contributed by atoms with Gasteiger partial charge in [-0.2, -0.15) is 5.10 Å². The van der Waals surface area contributed by atoms with Gasteiger partial charge in [-0.3, -0.25) is 9.48 Å². The summed E-state index contributed by atoms with van der Waals surface area (Å²) in [5, 5.41) is 8.54. The molecule has 1 aliphatic heterocycles. The second kappa shape index (κ2) is 8.41. The number of ether oxygens (including phenoxy) is 1. The third-order valence-corrected chi connectivity index (χ3v) is 6.53. The summed E-state index contributed by atoms with van der Waals surface area (Å²) in [7, 11) is 1.68. The van der Waals surface area contributed by atoms with E-state index in [9.17, 15) is 4.79 Å². The number of aromatic nitrogens is 3. The molecule has 7 nitrogen and oxygen atoms in total. The molecule has 8 heteroatoms. The average Bonchev–Trinajstić information content (AvgIpc) is 3.29. The number of anilines is 1. The maximum Gasteiger partial charge on any atom is 0.223 e. The second-order valence-electron chi connectivity index (χ2n) is 7.53. The molecule has 3 heterocycles. The van der Waals surface area contributed by atoms with Crippen molar-refractivity contribution in [2.45, 2.75) is 33.2 Å². The number of nitrogens with zero attached hydrogens (tertiary/aromatic N) is 4. The normalized spacial score (nSPS) is 15.1. The Morgan fingerprint density at radius 1 is 1.28 bits per heavy atom. The van der Waals surface area contributed by atoms with Crippen molar-refractivity contribution in [1.29, 1.82) is 0 Å². The Morgan fingerprint density at radius 2 is 2.07 bits per heavy atom. The molecule has 154 valence electrons. The van der Waals surface area contributed by atoms with Gasteiger partial charge in [0, 0.05) is 31.2 Å². The Balaban J connectivity index is 1.28. The molecule has 0 atom stereocenters. The maximum atomic E-state index is 12.5. The first-order valence-corrected chi connectivity index (χ1v) is 10.8. The van der Waals surface area contributed by atoms with E-state index in [0.29, 0.717) is 13.1 Å². The van der Waals surface area contributed by atoms with Crippen LogP contribution >= 0.6 is 11.3 Å². The van der Waals surface area contributed by atoms with E-state index in [2.05, 4.69) is 21.4 Å². The number of carbonyl (C=O) groups is 1. The van der Waals surface area contributed by atoms with Gasteiger partial charge in [-0.25, -0.2) is 4.98 Å². The molecule has 2 aromatic heterocycles. The molecule has 0 bridgehead atoms. The standard InChI is InChI=1S/C21H27N5O2S/c1-14-12-15(2)26(24-14)11-8-22-20(27)16-6-9-25(10-7-16)21-23-18-5-4-17(28-3)13-19(18)29-21/h4-5,12-13,16H,6-11H2,1-3H3,(H,22,27). The van der Waals surface area contributed by atoms with E-state index in [4.69, 9.17) is 9.72 Å². The molecule has 0 aliphatic carbocycles. The highest BCUT2D eigenvalue weighted by Gasteiger charge is 2.26. The lowest BCUT2D eigenvalue weighted by molar-refractivity contribution is -0.125. The molecule has 1 aliphatic rings. The molecule has 29 heavy (non-hydrogen) atoms. The number of hydrogen-bond donors (Lipinski definition) is 1. The van der Waals surface area contributed by atoms with Crippen LogP contribution in [0.3, 0.4) is 0 Å². The minimum absolute atomic E-state index is 0.0705. The van der Waals surface area contributed by atoms with Crippen molar-refractivity contribution in [3.63, 3.8) is 0 Å². The summed E-state index contributed by atoms with van der Waals surface area (Å²) in [4.78, 5) is 19.6. The van der Waals surface area contributed by atoms with Crippen molar-refractivity contribution in [3.8, 4) is 5.75 Å². The zero-order valence-corrected chi connectivity index (χ0v) is 18.0. The number of amides is 1. The molecule has 1 saturated heterocycles. The summed E-state index contributed by atoms with van der Waals surface area (Å²) in [5.74, 6) is 1.07. The van der Waals surface area contributed by atoms with Gasteiger partial charge in [0.25, 0.3) is 0 Å². The van der Waals surface area contributed by atoms with E-state index in [-0.39, 0.29) is 11.8 Å². The van der Waals surface area contributed by atoms with Crippen LogP contribution in [0.15, 0.2) is 24.3 Å². The second-order valence-corrected chi connectivity index (χ2v) is 8.54. The number of thiazole rings is 1. The van der Waals surface area contributed by atoms with E-state index in [1.807, 2.05) is 36.7 Å². The minimum atomic E-state index is 0.0705. The highest BCUT2D eigenvalue weighted by molar-refractivity contribution is 7.22. The van der Waals surface area contributed by atoms with Crippen LogP contribution in [-0.2, 0) is 11.3 Å². The number of benzene rings is 1. The third-order valence-electron chi connectivity index (χ3n) is 5.45. The fourth-order valence-corrected chi connectivity index (χ4v) is 4.86. The molecule has 3 aromatic rings. The van der Waals surface area contributed by atoms with E-state index in [1.165, 1.54) is 0 Å². The largest absolute Gasteiger partial charge is 0.497 e. The van der Waals surface area contributed by atoms with Gasteiger partial charge < -0.3 is 15.0 Å². The van der Waals surface area contributed by atoms with Gasteiger partial charge in [0.05, 0.1) is 29.6 Å². The zero-order chi connectivity index (χ0) is 20.4. The number of methoxy groups -OCH3 is 1. The molecule has 1 N–H and O–H groups in total. The van der Waals surface area contributed by atoms with Crippen LogP contribution in [-0.4, -0.2) is 47.4 Å². The van der Waals surface area contributed by atoms with Crippen molar-refractivity contribution in [3.05, 3.63) is 35.7 Å². The SMILES string of the molecule is COc1ccc2nc(N3CCC(C(=O)NCCn4nc(C)cc4C)CC3)sc2c1. The van der Waals surface area contributed by atoms with E-state index in [1.54, 1.807) is 18.4 Å². The van der Waals surface area contributed by atoms with Gasteiger partial charge in [-0.1, -0.05) is 11.3 Å². The van der Waals surface area contributed by atoms with Gasteiger partial charge in [0.2, 0.25) is 5.91 Å². The predicted molar refractivity (Wildman–Crippen MR) is 116 cm³/mol. The van der Waals surface area contributed by atoms with E-state index >= 15 is 0 Å². The molecule has 1 fully saturated rings. The van der Waals surface area contributed by atoms with Crippen molar-refractivity contribution in [2.24, 2.45) is 5.92 Å². The summed E-state index contributed by atoms with van der Waals surface area (Å²) < 4.78 is 8.37. The lowest BCUT2D eigenvalue weighted by Crippen LogP contribution is -2.41. The molecule has 0 saturated carbocycles. The fourth-order valence-electron chi connectivity index (χ4n) is 3.82. The first-order chi connectivity index (χ1) is 14.0. The Bertz CT molecular complexity index is 1000. The Morgan fingerprint density at radius 3 is 2.76 bits per heavy atom. The maximum absolute atomic E-state index is 12.5. The van der Waals surface area contributed by atoms with Crippen LogP contribution in [0.25, 0.3) is 10.2 Å². The molecular formula is C21H27N5O2S. The van der Waals surface area contributed by atoms with Crippen LogP contribution in [0, 0.1) is 19.8 Å². The number of rotatable bonds is 6. The number of aryl methyl sites for hydroxylation is 2. The van der Waals surface area contributed by atoms with Crippen molar-refractivity contribution >= 4 is 32.6 Å². The summed E-state index contributed by atoms with van der Waals surface area (Å²) in [6.45, 7) is 7.05. The van der Waals surface area contributed by atoms with Crippen LogP contribution in [0.1, 0.15) is 24.2 Å². The molecule has 4 rings (SSSR count). The van der Waals surface area contributed by atoms with Crippen LogP contribution < -0.4 is 15.0 Å². The monoisotopic (exact) mass is 413 g/mol. The number of nitrogens with one attached hydrogen (secondary N) is 1. The highest BCUT2D eigenvalue weighted by Crippen LogP contribution is 2.33. The molecule has 1 aromatic carbocycles. The van der Waals surface area contributed by atoms with Crippen molar-refractivity contribution in [2.75, 3.05) is 31.6 Å². The lowest BCUT2D eigenvalue weighted by atomic mass is 9.96. The van der Waals surface area contributed by atoms with Crippen molar-refractivity contribution < 1.29 is 9.53 Å². The summed E-state index contributed by atoms with van der Waals surface area (Å²) in [6, 6.07) is 8.01. The smallest absolute Gasteiger partial charge is 0.223 e. The molecule has 0 radical (unpaired) electrons. The first kappa shape index (κ1) is 19.7. The summed E-state index contributed by atoms with van der Waals surface area (Å²) in [6.07, 6.45) is 1.70. The van der Waals surface area contributed by atoms with Gasteiger partial charge in [0.15, 0.2) is 5.13 Å². The van der Waals surface area contributed by atoms with Crippen LogP contribution in [0.4, 0.5) is 5.13 Å². The zero-order valence-electron chi connectivity index (χ0n) is 17.1. The number of carbonyl (C=O) groups excluding carboxylic acids is 1. The van der Waals surface area contributed by atoms with E-state index in [0.717, 1.165) is 58.4 Å². The predicted octanol–water partition coefficient (Wildman–Crippen LogP) is 3.15. The van der Waals surface area contributed by atoms with E-state index < -0.39 is 0 Å². The van der Waals surface area contributed by atoms with Crippen LogP contribution in [0.5, 0.6) is 5.75 Å². The first-order valence-electron chi connectivity index (χ1n) is 10.0. The minimum Gasteiger partial charge on any atom is -0.497 e. The molecule has 0 unspecified atom stereocenters. The third kappa shape index (κ3) is 4.37. The Labute approximate surface area is 174 Å². The summed E-state index contributed by atoms with van der Waals surface area (Å²) in [5.41, 5.74) is 3.13. The van der Waals surface area contributed by atoms with Crippen molar-refractivity contribution in [1.82, 2.24) is 20.1 Å². The quantitative estimate of drug-likeness (QED) is 0.672. The average molecular weight is 414 g/mol. The van der Waals surface area contributed by atoms with Gasteiger partial charge in [0.1, 0.15) is 5.75 Å². The van der Waals surface area contributed by atoms with Gasteiger partial charge in [-0.05, 0) is 51.0 Å². The highest BCUT2D eigenvalue weighted by atomic mass is 32.1. The van der Waals surface area contributed by atoms with Gasteiger partial charge in [-0.15, -0.1) is 0 Å². The number of fused-ring (bicyclic) bond motifs is 1. The topological polar surface area (TPSA) is 72.3 Å². The lowest BCUT2D eigenvalue weighted by Gasteiger charge is -2.31. The number of piperidine rings is 1. The molecule has 1 amide bonds. The summed E-state index contributed by atoms with van der Waals surface area (Å²) >= 11 is 1.68. The molecule has 0 spiro atoms. The Kier molecular flexibility index (Phi) is 5.71. The Hall–Kier alpha value is -2.61. The molecular weight excluding hydrogens is 386 g/mol.